The lowest BCUT2D eigenvalue weighted by atomic mass is 9.70. The Hall–Kier alpha value is -7.56. The molecule has 3 aliphatic rings. The normalized spacial score (nSPS) is 15.9. The molecule has 2 heterocycles. The van der Waals surface area contributed by atoms with E-state index in [1.54, 1.807) is 0 Å². The Labute approximate surface area is 335 Å². The van der Waals surface area contributed by atoms with Gasteiger partial charge >= 0.3 is 0 Å². The summed E-state index contributed by atoms with van der Waals surface area (Å²) in [5.74, 6) is 1.53. The summed E-state index contributed by atoms with van der Waals surface area (Å²) in [5, 5.41) is 11.3. The fraction of sp³-hybridized carbons (Fsp3) is 0.0370. The molecule has 4 nitrogen and oxygen atoms in total. The average molecular weight is 739 g/mol. The van der Waals surface area contributed by atoms with Gasteiger partial charge < -0.3 is 9.88 Å². The van der Waals surface area contributed by atoms with Gasteiger partial charge in [-0.1, -0.05) is 158 Å². The molecule has 0 saturated carbocycles. The van der Waals surface area contributed by atoms with Gasteiger partial charge in [0.25, 0.3) is 0 Å². The maximum Gasteiger partial charge on any atom is 0.159 e. The molecule has 1 N–H and O–H groups in total. The van der Waals surface area contributed by atoms with E-state index in [2.05, 4.69) is 180 Å². The summed E-state index contributed by atoms with van der Waals surface area (Å²) in [5.41, 5.74) is 14.2. The van der Waals surface area contributed by atoms with Gasteiger partial charge in [-0.2, -0.15) is 0 Å². The monoisotopic (exact) mass is 738 g/mol. The molecule has 0 bridgehead atoms. The van der Waals surface area contributed by atoms with E-state index >= 15 is 0 Å². The third-order valence-electron chi connectivity index (χ3n) is 12.8. The van der Waals surface area contributed by atoms with Gasteiger partial charge in [-0.15, -0.1) is 0 Å². The predicted molar refractivity (Wildman–Crippen MR) is 238 cm³/mol. The van der Waals surface area contributed by atoms with Gasteiger partial charge in [-0.25, -0.2) is 9.98 Å². The third kappa shape index (κ3) is 4.18. The van der Waals surface area contributed by atoms with Gasteiger partial charge in [0, 0.05) is 27.6 Å². The fourth-order valence-corrected chi connectivity index (χ4v) is 10.4. The van der Waals surface area contributed by atoms with E-state index < -0.39 is 0 Å². The number of benzene rings is 9. The number of hydrogen-bond acceptors (Lipinski definition) is 3. The van der Waals surface area contributed by atoms with E-state index in [1.807, 2.05) is 24.3 Å². The lowest BCUT2D eigenvalue weighted by Gasteiger charge is -2.31. The summed E-state index contributed by atoms with van der Waals surface area (Å²) in [7, 11) is 0. The van der Waals surface area contributed by atoms with E-state index in [9.17, 15) is 0 Å². The molecule has 1 aliphatic heterocycles. The van der Waals surface area contributed by atoms with Crippen molar-refractivity contribution < 1.29 is 0 Å². The van der Waals surface area contributed by atoms with Crippen molar-refractivity contribution in [3.63, 3.8) is 0 Å². The molecular weight excluding hydrogens is 705 g/mol. The molecule has 9 aromatic carbocycles. The lowest BCUT2D eigenvalue weighted by Crippen LogP contribution is -2.33. The molecular formula is C54H34N4. The molecule has 1 atom stereocenters. The second-order valence-corrected chi connectivity index (χ2v) is 15.7. The van der Waals surface area contributed by atoms with Gasteiger partial charge in [0.05, 0.1) is 16.4 Å². The molecule has 2 aliphatic carbocycles. The Balaban J connectivity index is 1.00. The summed E-state index contributed by atoms with van der Waals surface area (Å²) >= 11 is 0. The SMILES string of the molecule is c1ccc(C2=NC(c3ccc4c(c3)c3ccccc3n4-c3ccc4c(c3)-c3ccccc3C43c4cccc5ccc6cccc3c6c45)=NC(c3ccccc3)N2)cc1. The number of rotatable bonds is 4. The van der Waals surface area contributed by atoms with Crippen LogP contribution < -0.4 is 5.32 Å². The zero-order valence-electron chi connectivity index (χ0n) is 31.4. The smallest absolute Gasteiger partial charge is 0.159 e. The molecule has 1 spiro atoms. The Morgan fingerprint density at radius 2 is 1.12 bits per heavy atom. The van der Waals surface area contributed by atoms with Crippen LogP contribution in [0.25, 0.3) is 60.2 Å². The van der Waals surface area contributed by atoms with E-state index in [0.29, 0.717) is 5.84 Å². The molecule has 0 amide bonds. The van der Waals surface area contributed by atoms with Gasteiger partial charge in [0.1, 0.15) is 12.0 Å². The number of para-hydroxylation sites is 1. The van der Waals surface area contributed by atoms with Crippen LogP contribution >= 0.6 is 0 Å². The quantitative estimate of drug-likeness (QED) is 0.180. The number of aliphatic imine (C=N–C) groups is 2. The van der Waals surface area contributed by atoms with Crippen LogP contribution in [0.15, 0.2) is 204 Å². The number of amidine groups is 2. The van der Waals surface area contributed by atoms with Gasteiger partial charge in [0.2, 0.25) is 0 Å². The highest BCUT2D eigenvalue weighted by Gasteiger charge is 2.50. The molecule has 58 heavy (non-hydrogen) atoms. The third-order valence-corrected chi connectivity index (χ3v) is 12.8. The first-order valence-electron chi connectivity index (χ1n) is 20.0. The Morgan fingerprint density at radius 1 is 0.466 bits per heavy atom. The molecule has 10 aromatic rings. The number of nitrogens with one attached hydrogen (secondary N) is 1. The van der Waals surface area contributed by atoms with Crippen molar-refractivity contribution in [3.8, 4) is 16.8 Å². The van der Waals surface area contributed by atoms with E-state index in [4.69, 9.17) is 9.98 Å². The van der Waals surface area contributed by atoms with Crippen molar-refractivity contribution in [1.82, 2.24) is 9.88 Å². The van der Waals surface area contributed by atoms with Crippen LogP contribution in [-0.2, 0) is 5.41 Å². The first kappa shape index (κ1) is 31.6. The molecule has 1 aromatic heterocycles. The first-order chi connectivity index (χ1) is 28.8. The summed E-state index contributed by atoms with van der Waals surface area (Å²) < 4.78 is 2.43. The predicted octanol–water partition coefficient (Wildman–Crippen LogP) is 12.3. The maximum atomic E-state index is 5.20. The van der Waals surface area contributed by atoms with E-state index in [1.165, 1.54) is 71.2 Å². The van der Waals surface area contributed by atoms with Crippen LogP contribution in [0.5, 0.6) is 0 Å². The topological polar surface area (TPSA) is 41.7 Å². The summed E-state index contributed by atoms with van der Waals surface area (Å²) in [4.78, 5) is 10.3. The van der Waals surface area contributed by atoms with Crippen molar-refractivity contribution in [2.45, 2.75) is 11.6 Å². The fourth-order valence-electron chi connectivity index (χ4n) is 10.4. The molecule has 0 radical (unpaired) electrons. The highest BCUT2D eigenvalue weighted by Crippen LogP contribution is 2.62. The van der Waals surface area contributed by atoms with Crippen LogP contribution in [0, 0.1) is 0 Å². The zero-order valence-corrected chi connectivity index (χ0v) is 31.4. The van der Waals surface area contributed by atoms with Crippen LogP contribution in [0.1, 0.15) is 45.1 Å². The summed E-state index contributed by atoms with van der Waals surface area (Å²) in [6, 6.07) is 70.8. The maximum absolute atomic E-state index is 5.20. The highest BCUT2D eigenvalue weighted by molar-refractivity contribution is 6.18. The van der Waals surface area contributed by atoms with E-state index in [0.717, 1.165) is 33.7 Å². The Kier molecular flexibility index (Phi) is 6.40. The van der Waals surface area contributed by atoms with Crippen LogP contribution in [0.2, 0.25) is 0 Å². The number of hydrogen-bond donors (Lipinski definition) is 1. The Morgan fingerprint density at radius 3 is 1.91 bits per heavy atom. The van der Waals surface area contributed by atoms with Gasteiger partial charge in [-0.3, -0.25) is 0 Å². The molecule has 1 unspecified atom stereocenters. The summed E-state index contributed by atoms with van der Waals surface area (Å²) in [6.07, 6.45) is -0.259. The van der Waals surface area contributed by atoms with Crippen LogP contribution in [0.3, 0.4) is 0 Å². The zero-order chi connectivity index (χ0) is 38.0. The Bertz CT molecular complexity index is 3370. The van der Waals surface area contributed by atoms with Crippen molar-refractivity contribution in [2.75, 3.05) is 0 Å². The molecule has 270 valence electrons. The van der Waals surface area contributed by atoms with Gasteiger partial charge in [0.15, 0.2) is 5.84 Å². The molecule has 4 heteroatoms. The second kappa shape index (κ2) is 11.7. The van der Waals surface area contributed by atoms with Crippen molar-refractivity contribution in [2.24, 2.45) is 9.98 Å². The molecule has 0 fully saturated rings. The largest absolute Gasteiger partial charge is 0.344 e. The first-order valence-corrected chi connectivity index (χ1v) is 20.0. The van der Waals surface area contributed by atoms with Gasteiger partial charge in [-0.05, 0) is 96.9 Å². The van der Waals surface area contributed by atoms with Crippen molar-refractivity contribution >= 4 is 55.0 Å². The second-order valence-electron chi connectivity index (χ2n) is 15.7. The number of fused-ring (bicyclic) bond motifs is 10. The average Bonchev–Trinajstić information content (AvgIpc) is 3.91. The van der Waals surface area contributed by atoms with Crippen molar-refractivity contribution in [3.05, 3.63) is 233 Å². The number of aromatic nitrogens is 1. The minimum atomic E-state index is -0.380. The van der Waals surface area contributed by atoms with Crippen LogP contribution in [0.4, 0.5) is 0 Å². The lowest BCUT2D eigenvalue weighted by molar-refractivity contribution is 0.674. The van der Waals surface area contributed by atoms with Crippen molar-refractivity contribution in [1.29, 1.82) is 0 Å². The number of nitrogens with zero attached hydrogens (tertiary/aromatic N) is 3. The van der Waals surface area contributed by atoms with Crippen LogP contribution in [-0.4, -0.2) is 16.2 Å². The highest BCUT2D eigenvalue weighted by atomic mass is 15.2. The van der Waals surface area contributed by atoms with E-state index in [-0.39, 0.29) is 11.6 Å². The standard InChI is InChI=1S/C54H34N4/c1-3-13-35(14-4-1)51-55-52(36-15-5-2-6-16-36)57-53(56-51)37-27-30-48-42(31-37)40-20-8-10-24-47(40)58(48)38-28-29-44-41(32-38)39-19-7-9-21-43(39)54(44)45-22-11-17-33-25-26-34-18-12-23-46(54)50(34)49(33)45/h1-32,51H,(H,55,56,57). The minimum Gasteiger partial charge on any atom is -0.344 e. The molecule has 0 saturated heterocycles. The summed E-state index contributed by atoms with van der Waals surface area (Å²) in [6.45, 7) is 0. The molecule has 13 rings (SSSR count). The minimum absolute atomic E-state index is 0.259.